The molecule has 0 bridgehead atoms. The number of nitrogens with one attached hydrogen (secondary N) is 1. The van der Waals surface area contributed by atoms with Crippen molar-refractivity contribution in [3.63, 3.8) is 0 Å². The zero-order valence-corrected chi connectivity index (χ0v) is 14.0. The van der Waals surface area contributed by atoms with Gasteiger partial charge in [-0.05, 0) is 23.8 Å². The molecule has 3 N–H and O–H groups in total. The molecule has 1 fully saturated rings. The number of anilines is 1. The first kappa shape index (κ1) is 17.8. The molecule has 2 aromatic rings. The number of halogens is 2. The summed E-state index contributed by atoms with van der Waals surface area (Å²) in [5, 5.41) is 2.99. The van der Waals surface area contributed by atoms with E-state index in [2.05, 4.69) is 10.3 Å². The Morgan fingerprint density at radius 2 is 1.62 bits per heavy atom. The highest BCUT2D eigenvalue weighted by Crippen LogP contribution is 2.54. The van der Waals surface area contributed by atoms with Gasteiger partial charge in [0, 0.05) is 24.7 Å². The maximum Gasteiger partial charge on any atom is 0.258 e. The highest BCUT2D eigenvalue weighted by Gasteiger charge is 2.61. The van der Waals surface area contributed by atoms with Crippen molar-refractivity contribution in [2.75, 3.05) is 5.32 Å². The first-order valence-corrected chi connectivity index (χ1v) is 8.21. The molecule has 0 unspecified atom stereocenters. The molecule has 0 radical (unpaired) electrons. The van der Waals surface area contributed by atoms with Crippen molar-refractivity contribution < 1.29 is 13.6 Å². The summed E-state index contributed by atoms with van der Waals surface area (Å²) >= 11 is 0. The van der Waals surface area contributed by atoms with Crippen LogP contribution in [0.4, 0.5) is 14.5 Å². The summed E-state index contributed by atoms with van der Waals surface area (Å²) in [5.41, 5.74) is 5.86. The fourth-order valence-electron chi connectivity index (χ4n) is 3.09. The number of hydrogen-bond acceptors (Lipinski definition) is 2. The van der Waals surface area contributed by atoms with E-state index in [4.69, 9.17) is 5.73 Å². The van der Waals surface area contributed by atoms with E-state index in [1.165, 1.54) is 6.08 Å². The topological polar surface area (TPSA) is 67.5 Å². The van der Waals surface area contributed by atoms with Crippen LogP contribution in [0.15, 0.2) is 77.9 Å². The molecule has 0 atom stereocenters. The summed E-state index contributed by atoms with van der Waals surface area (Å²) in [6.45, 7) is 0. The summed E-state index contributed by atoms with van der Waals surface area (Å²) in [6, 6.07) is 17.9. The van der Waals surface area contributed by atoms with E-state index in [1.807, 2.05) is 30.3 Å². The average Bonchev–Trinajstić information content (AvgIpc) is 2.61. The minimum absolute atomic E-state index is 0.0380. The fraction of sp³-hybridized carbons (Fsp3) is 0.200. The molecule has 0 heterocycles. The van der Waals surface area contributed by atoms with Gasteiger partial charge in [-0.3, -0.25) is 4.79 Å². The predicted molar refractivity (Wildman–Crippen MR) is 98.1 cm³/mol. The van der Waals surface area contributed by atoms with Crippen LogP contribution >= 0.6 is 0 Å². The highest BCUT2D eigenvalue weighted by atomic mass is 19.3. The molecular formula is C20H19F2N3O. The lowest BCUT2D eigenvalue weighted by atomic mass is 9.61. The van der Waals surface area contributed by atoms with Gasteiger partial charge in [-0.15, -0.1) is 0 Å². The summed E-state index contributed by atoms with van der Waals surface area (Å²) in [6.07, 6.45) is 1.88. The SMILES string of the molecule is NC(/C=C\Nc1ccccc1)=NC(=O)C1(c2ccccc2)CC(F)(F)C1. The number of rotatable bonds is 5. The number of benzene rings is 2. The predicted octanol–water partition coefficient (Wildman–Crippen LogP) is 3.86. The Morgan fingerprint density at radius 1 is 1.04 bits per heavy atom. The van der Waals surface area contributed by atoms with E-state index < -0.39 is 30.1 Å². The van der Waals surface area contributed by atoms with E-state index in [0.29, 0.717) is 5.56 Å². The minimum Gasteiger partial charge on any atom is -0.384 e. The minimum atomic E-state index is -2.86. The van der Waals surface area contributed by atoms with Crippen molar-refractivity contribution in [3.05, 3.63) is 78.5 Å². The zero-order chi connectivity index (χ0) is 18.6. The molecule has 0 aromatic heterocycles. The van der Waals surface area contributed by atoms with Gasteiger partial charge in [-0.2, -0.15) is 4.99 Å². The van der Waals surface area contributed by atoms with E-state index >= 15 is 0 Å². The third-order valence-corrected chi connectivity index (χ3v) is 4.37. The summed E-state index contributed by atoms with van der Waals surface area (Å²) in [4.78, 5) is 16.5. The molecule has 3 rings (SSSR count). The summed E-state index contributed by atoms with van der Waals surface area (Å²) in [5.74, 6) is -3.54. The van der Waals surface area contributed by atoms with Crippen LogP contribution in [0.2, 0.25) is 0 Å². The Hall–Kier alpha value is -3.02. The molecule has 6 heteroatoms. The van der Waals surface area contributed by atoms with Crippen LogP contribution in [-0.2, 0) is 10.2 Å². The van der Waals surface area contributed by atoms with Gasteiger partial charge in [0.05, 0.1) is 5.41 Å². The molecule has 134 valence electrons. The Balaban J connectivity index is 1.74. The van der Waals surface area contributed by atoms with Crippen molar-refractivity contribution in [3.8, 4) is 0 Å². The third-order valence-electron chi connectivity index (χ3n) is 4.37. The smallest absolute Gasteiger partial charge is 0.258 e. The normalized spacial score (nSPS) is 18.3. The van der Waals surface area contributed by atoms with Crippen LogP contribution in [0.1, 0.15) is 18.4 Å². The van der Waals surface area contributed by atoms with Crippen LogP contribution in [-0.4, -0.2) is 17.7 Å². The largest absolute Gasteiger partial charge is 0.384 e. The number of alkyl halides is 2. The van der Waals surface area contributed by atoms with E-state index in [-0.39, 0.29) is 5.84 Å². The zero-order valence-electron chi connectivity index (χ0n) is 14.0. The molecule has 1 amide bonds. The lowest BCUT2D eigenvalue weighted by Gasteiger charge is -2.45. The van der Waals surface area contributed by atoms with E-state index in [1.54, 1.807) is 36.5 Å². The second kappa shape index (κ2) is 7.07. The Labute approximate surface area is 150 Å². The number of hydrogen-bond donors (Lipinski definition) is 2. The van der Waals surface area contributed by atoms with Gasteiger partial charge in [0.2, 0.25) is 0 Å². The third kappa shape index (κ3) is 3.79. The number of carbonyl (C=O) groups excluding carboxylic acids is 1. The standard InChI is InChI=1S/C20H19F2N3O/c21-20(22)13-19(14-20,15-7-3-1-4-8-15)18(26)25-17(23)11-12-24-16-9-5-2-6-10-16/h1-12,24H,13-14H2,(H2,23,25,26)/b12-11-. The van der Waals surface area contributed by atoms with Gasteiger partial charge in [0.25, 0.3) is 11.8 Å². The van der Waals surface area contributed by atoms with Gasteiger partial charge >= 0.3 is 0 Å². The molecule has 1 saturated carbocycles. The van der Waals surface area contributed by atoms with Gasteiger partial charge in [0.15, 0.2) is 0 Å². The molecule has 1 aliphatic carbocycles. The van der Waals surface area contributed by atoms with E-state index in [9.17, 15) is 13.6 Å². The van der Waals surface area contributed by atoms with Crippen LogP contribution in [0, 0.1) is 0 Å². The van der Waals surface area contributed by atoms with Gasteiger partial charge in [-0.25, -0.2) is 8.78 Å². The van der Waals surface area contributed by atoms with Gasteiger partial charge in [0.1, 0.15) is 5.84 Å². The molecule has 0 spiro atoms. The number of nitrogens with zero attached hydrogens (tertiary/aromatic N) is 1. The average molecular weight is 355 g/mol. The molecule has 26 heavy (non-hydrogen) atoms. The number of para-hydroxylation sites is 1. The maximum absolute atomic E-state index is 13.6. The number of amides is 1. The molecule has 2 aromatic carbocycles. The van der Waals surface area contributed by atoms with Gasteiger partial charge < -0.3 is 11.1 Å². The summed E-state index contributed by atoms with van der Waals surface area (Å²) < 4.78 is 27.1. The number of carbonyl (C=O) groups is 1. The highest BCUT2D eigenvalue weighted by molar-refractivity contribution is 6.04. The monoisotopic (exact) mass is 355 g/mol. The lowest BCUT2D eigenvalue weighted by molar-refractivity contribution is -0.155. The number of aliphatic imine (C=N–C) groups is 1. The second-order valence-corrected chi connectivity index (χ2v) is 6.34. The van der Waals surface area contributed by atoms with Crippen molar-refractivity contribution in [2.24, 2.45) is 10.7 Å². The first-order valence-electron chi connectivity index (χ1n) is 8.21. The van der Waals surface area contributed by atoms with Crippen LogP contribution in [0.5, 0.6) is 0 Å². The second-order valence-electron chi connectivity index (χ2n) is 6.34. The van der Waals surface area contributed by atoms with E-state index in [0.717, 1.165) is 5.69 Å². The van der Waals surface area contributed by atoms with Crippen molar-refractivity contribution in [2.45, 2.75) is 24.2 Å². The summed E-state index contributed by atoms with van der Waals surface area (Å²) in [7, 11) is 0. The quantitative estimate of drug-likeness (QED) is 0.632. The molecule has 4 nitrogen and oxygen atoms in total. The Morgan fingerprint density at radius 3 is 2.19 bits per heavy atom. The van der Waals surface area contributed by atoms with Crippen LogP contribution in [0.3, 0.4) is 0 Å². The molecular weight excluding hydrogens is 336 g/mol. The Kier molecular flexibility index (Phi) is 4.84. The molecule has 0 saturated heterocycles. The number of amidine groups is 1. The molecule has 0 aliphatic heterocycles. The van der Waals surface area contributed by atoms with Crippen molar-refractivity contribution in [1.29, 1.82) is 0 Å². The first-order chi connectivity index (χ1) is 12.4. The maximum atomic E-state index is 13.6. The van der Waals surface area contributed by atoms with Crippen molar-refractivity contribution >= 4 is 17.4 Å². The number of nitrogens with two attached hydrogens (primary N) is 1. The van der Waals surface area contributed by atoms with Crippen molar-refractivity contribution in [1.82, 2.24) is 0 Å². The lowest BCUT2D eigenvalue weighted by Crippen LogP contribution is -2.54. The Bertz CT molecular complexity index is 825. The van der Waals surface area contributed by atoms with Gasteiger partial charge in [-0.1, -0.05) is 48.5 Å². The van der Waals surface area contributed by atoms with Crippen LogP contribution in [0.25, 0.3) is 0 Å². The molecule has 1 aliphatic rings. The fourth-order valence-corrected chi connectivity index (χ4v) is 3.09. The van der Waals surface area contributed by atoms with Crippen LogP contribution < -0.4 is 11.1 Å².